The number of hydrogen-bond acceptors (Lipinski definition) is 6. The van der Waals surface area contributed by atoms with Crippen molar-refractivity contribution in [2.24, 2.45) is 0 Å². The molecule has 0 fully saturated rings. The standard InChI is InChI=1S/C19H20N6O2S/c1-11-12(2)25(14-5-7-15(27-4)8-6-14)18(16(11)9-20)22-17(26)10-28-19-21-13(3)23-24-19/h5-8H,10H2,1-4H3,(H,22,26)(H,21,23,24). The molecule has 144 valence electrons. The summed E-state index contributed by atoms with van der Waals surface area (Å²) in [6, 6.07) is 9.64. The number of aryl methyl sites for hydroxylation is 1. The SMILES string of the molecule is COc1ccc(-n2c(C)c(C)c(C#N)c2NC(=O)CSc2n[nH]c(C)n2)cc1. The van der Waals surface area contributed by atoms with Crippen molar-refractivity contribution in [2.75, 3.05) is 18.2 Å². The molecule has 0 saturated heterocycles. The van der Waals surface area contributed by atoms with Gasteiger partial charge in [-0.2, -0.15) is 5.26 Å². The number of nitrogens with zero attached hydrogens (tertiary/aromatic N) is 4. The van der Waals surface area contributed by atoms with Gasteiger partial charge >= 0.3 is 0 Å². The average molecular weight is 396 g/mol. The molecule has 0 atom stereocenters. The summed E-state index contributed by atoms with van der Waals surface area (Å²) in [5.41, 5.74) is 2.98. The van der Waals surface area contributed by atoms with E-state index in [4.69, 9.17) is 4.74 Å². The van der Waals surface area contributed by atoms with Gasteiger partial charge in [0, 0.05) is 11.4 Å². The van der Waals surface area contributed by atoms with Gasteiger partial charge in [-0.25, -0.2) is 4.98 Å². The summed E-state index contributed by atoms with van der Waals surface area (Å²) in [6.07, 6.45) is 0. The number of methoxy groups -OCH3 is 1. The Morgan fingerprint density at radius 3 is 2.61 bits per heavy atom. The minimum absolute atomic E-state index is 0.133. The van der Waals surface area contributed by atoms with Crippen LogP contribution in [0.2, 0.25) is 0 Å². The molecule has 3 rings (SSSR count). The van der Waals surface area contributed by atoms with Crippen molar-refractivity contribution in [3.63, 3.8) is 0 Å². The molecule has 0 aliphatic carbocycles. The second kappa shape index (κ2) is 8.19. The zero-order chi connectivity index (χ0) is 20.3. The average Bonchev–Trinajstić information content (AvgIpc) is 3.21. The van der Waals surface area contributed by atoms with Crippen molar-refractivity contribution >= 4 is 23.5 Å². The maximum absolute atomic E-state index is 12.5. The van der Waals surface area contributed by atoms with E-state index < -0.39 is 0 Å². The van der Waals surface area contributed by atoms with Gasteiger partial charge in [0.1, 0.15) is 23.5 Å². The third-order valence-corrected chi connectivity index (χ3v) is 5.17. The molecule has 2 aromatic heterocycles. The normalized spacial score (nSPS) is 10.5. The molecule has 0 aliphatic heterocycles. The molecular formula is C19H20N6O2S. The number of ether oxygens (including phenoxy) is 1. The summed E-state index contributed by atoms with van der Waals surface area (Å²) in [5, 5.41) is 19.8. The number of thioether (sulfide) groups is 1. The third kappa shape index (κ3) is 3.87. The number of nitriles is 1. The van der Waals surface area contributed by atoms with Gasteiger partial charge in [0.15, 0.2) is 0 Å². The van der Waals surface area contributed by atoms with Crippen molar-refractivity contribution in [3.8, 4) is 17.5 Å². The largest absolute Gasteiger partial charge is 0.497 e. The molecule has 0 bridgehead atoms. The molecule has 1 amide bonds. The number of carbonyl (C=O) groups is 1. The topological polar surface area (TPSA) is 109 Å². The van der Waals surface area contributed by atoms with Crippen LogP contribution in [0.4, 0.5) is 5.82 Å². The van der Waals surface area contributed by atoms with E-state index in [2.05, 4.69) is 26.6 Å². The summed E-state index contributed by atoms with van der Waals surface area (Å²) in [5.74, 6) is 1.77. The van der Waals surface area contributed by atoms with Crippen molar-refractivity contribution in [3.05, 3.63) is 46.9 Å². The van der Waals surface area contributed by atoms with Crippen LogP contribution in [0.25, 0.3) is 5.69 Å². The van der Waals surface area contributed by atoms with Gasteiger partial charge in [-0.15, -0.1) is 5.10 Å². The molecular weight excluding hydrogens is 376 g/mol. The molecule has 3 aromatic rings. The Kier molecular flexibility index (Phi) is 5.70. The molecule has 0 aliphatic rings. The van der Waals surface area contributed by atoms with Gasteiger partial charge < -0.3 is 10.1 Å². The lowest BCUT2D eigenvalue weighted by atomic mass is 10.2. The van der Waals surface area contributed by atoms with Crippen LogP contribution in [0.3, 0.4) is 0 Å². The summed E-state index contributed by atoms with van der Waals surface area (Å²) in [4.78, 5) is 16.7. The van der Waals surface area contributed by atoms with Crippen LogP contribution in [0.5, 0.6) is 5.75 Å². The predicted molar refractivity (Wildman–Crippen MR) is 107 cm³/mol. The fourth-order valence-electron chi connectivity index (χ4n) is 2.80. The highest BCUT2D eigenvalue weighted by molar-refractivity contribution is 7.99. The number of nitrogens with one attached hydrogen (secondary N) is 2. The fraction of sp³-hybridized carbons (Fsp3) is 0.263. The summed E-state index contributed by atoms with van der Waals surface area (Å²) in [6.45, 7) is 5.58. The minimum atomic E-state index is -0.240. The van der Waals surface area contributed by atoms with E-state index >= 15 is 0 Å². The number of anilines is 1. The Labute approximate surface area is 166 Å². The van der Waals surface area contributed by atoms with Crippen molar-refractivity contribution in [2.45, 2.75) is 25.9 Å². The Bertz CT molecular complexity index is 1050. The van der Waals surface area contributed by atoms with Crippen molar-refractivity contribution in [1.82, 2.24) is 19.7 Å². The van der Waals surface area contributed by atoms with Gasteiger partial charge in [-0.3, -0.25) is 14.5 Å². The first kappa shape index (κ1) is 19.5. The molecule has 2 N–H and O–H groups in total. The van der Waals surface area contributed by atoms with E-state index in [9.17, 15) is 10.1 Å². The smallest absolute Gasteiger partial charge is 0.236 e. The van der Waals surface area contributed by atoms with E-state index in [-0.39, 0.29) is 11.7 Å². The van der Waals surface area contributed by atoms with Crippen LogP contribution in [0.15, 0.2) is 29.4 Å². The van der Waals surface area contributed by atoms with Gasteiger partial charge in [-0.1, -0.05) is 11.8 Å². The molecule has 0 saturated carbocycles. The second-order valence-electron chi connectivity index (χ2n) is 6.12. The molecule has 0 spiro atoms. The molecule has 9 heteroatoms. The Hall–Kier alpha value is -3.25. The van der Waals surface area contributed by atoms with Crippen molar-refractivity contribution < 1.29 is 9.53 Å². The lowest BCUT2D eigenvalue weighted by Crippen LogP contribution is -2.17. The monoisotopic (exact) mass is 396 g/mol. The van der Waals surface area contributed by atoms with Crippen LogP contribution >= 0.6 is 11.8 Å². The van der Waals surface area contributed by atoms with Crippen LogP contribution in [-0.4, -0.2) is 38.5 Å². The molecule has 1 aromatic carbocycles. The number of H-pyrrole nitrogens is 1. The van der Waals surface area contributed by atoms with Crippen LogP contribution in [0, 0.1) is 32.1 Å². The van der Waals surface area contributed by atoms with E-state index in [1.807, 2.05) is 42.7 Å². The number of benzene rings is 1. The van der Waals surface area contributed by atoms with E-state index in [0.717, 1.165) is 22.7 Å². The Morgan fingerprint density at radius 2 is 2.04 bits per heavy atom. The number of rotatable bonds is 6. The summed E-state index contributed by atoms with van der Waals surface area (Å²) < 4.78 is 7.08. The first-order valence-corrected chi connectivity index (χ1v) is 9.51. The van der Waals surface area contributed by atoms with E-state index in [1.165, 1.54) is 11.8 Å². The summed E-state index contributed by atoms with van der Waals surface area (Å²) in [7, 11) is 1.60. The minimum Gasteiger partial charge on any atom is -0.497 e. The third-order valence-electron chi connectivity index (χ3n) is 4.32. The highest BCUT2D eigenvalue weighted by Crippen LogP contribution is 2.31. The lowest BCUT2D eigenvalue weighted by Gasteiger charge is -2.13. The molecule has 2 heterocycles. The fourth-order valence-corrected chi connectivity index (χ4v) is 3.44. The van der Waals surface area contributed by atoms with E-state index in [0.29, 0.717) is 22.4 Å². The predicted octanol–water partition coefficient (Wildman–Crippen LogP) is 3.13. The van der Waals surface area contributed by atoms with Gasteiger partial charge in [0.2, 0.25) is 11.1 Å². The van der Waals surface area contributed by atoms with E-state index in [1.54, 1.807) is 14.0 Å². The van der Waals surface area contributed by atoms with Crippen molar-refractivity contribution in [1.29, 1.82) is 5.26 Å². The number of amides is 1. The van der Waals surface area contributed by atoms with Gasteiger partial charge in [-0.05, 0) is 50.6 Å². The van der Waals surface area contributed by atoms with Crippen LogP contribution < -0.4 is 10.1 Å². The lowest BCUT2D eigenvalue weighted by molar-refractivity contribution is -0.113. The van der Waals surface area contributed by atoms with Crippen LogP contribution in [-0.2, 0) is 4.79 Å². The highest BCUT2D eigenvalue weighted by atomic mass is 32.2. The Morgan fingerprint density at radius 1 is 1.32 bits per heavy atom. The van der Waals surface area contributed by atoms with Gasteiger partial charge in [0.05, 0.1) is 18.4 Å². The number of aromatic amines is 1. The molecule has 0 unspecified atom stereocenters. The second-order valence-corrected chi connectivity index (χ2v) is 7.06. The molecule has 28 heavy (non-hydrogen) atoms. The number of aromatic nitrogens is 4. The quantitative estimate of drug-likeness (QED) is 0.620. The number of hydrogen-bond donors (Lipinski definition) is 2. The molecule has 8 nitrogen and oxygen atoms in total. The zero-order valence-corrected chi connectivity index (χ0v) is 16.8. The zero-order valence-electron chi connectivity index (χ0n) is 16.0. The number of carbonyl (C=O) groups excluding carboxylic acids is 1. The van der Waals surface area contributed by atoms with Crippen LogP contribution in [0.1, 0.15) is 22.6 Å². The first-order valence-electron chi connectivity index (χ1n) is 8.52. The summed E-state index contributed by atoms with van der Waals surface area (Å²) >= 11 is 1.23. The maximum atomic E-state index is 12.5. The van der Waals surface area contributed by atoms with Gasteiger partial charge in [0.25, 0.3) is 0 Å². The Balaban J connectivity index is 1.89. The first-order chi connectivity index (χ1) is 13.4. The maximum Gasteiger partial charge on any atom is 0.236 e. The highest BCUT2D eigenvalue weighted by Gasteiger charge is 2.21. The molecule has 0 radical (unpaired) electrons.